The normalized spacial score (nSPS) is 10.4. The van der Waals surface area contributed by atoms with Gasteiger partial charge in [-0.15, -0.1) is 0 Å². The smallest absolute Gasteiger partial charge is 0.207 e. The van der Waals surface area contributed by atoms with E-state index in [1.165, 1.54) is 12.1 Å². The molecule has 84 valence electrons. The van der Waals surface area contributed by atoms with Crippen LogP contribution >= 0.6 is 0 Å². The van der Waals surface area contributed by atoms with Crippen LogP contribution in [0.25, 0.3) is 0 Å². The molecule has 0 saturated heterocycles. The Morgan fingerprint density at radius 3 is 2.94 bits per heavy atom. The molecular weight excluding hydrogens is 205 g/mol. The molecule has 0 aliphatic rings. The highest BCUT2D eigenvalue weighted by atomic mass is 19.1. The predicted molar refractivity (Wildman–Crippen MR) is 62.3 cm³/mol. The number of rotatable bonds is 3. The highest BCUT2D eigenvalue weighted by Crippen LogP contribution is 2.16. The van der Waals surface area contributed by atoms with Gasteiger partial charge in [-0.2, -0.15) is 0 Å². The molecule has 0 unspecified atom stereocenters. The zero-order valence-electron chi connectivity index (χ0n) is 9.37. The number of aromatic nitrogens is 2. The molecule has 3 nitrogen and oxygen atoms in total. The van der Waals surface area contributed by atoms with Crippen LogP contribution in [-0.4, -0.2) is 9.55 Å². The summed E-state index contributed by atoms with van der Waals surface area (Å²) in [6.45, 7) is 4.80. The van der Waals surface area contributed by atoms with E-state index in [0.717, 1.165) is 18.2 Å². The number of hydrogen-bond donors (Lipinski definition) is 1. The molecule has 1 aromatic heterocycles. The fraction of sp³-hybridized carbons (Fsp3) is 0.250. The second-order valence-corrected chi connectivity index (χ2v) is 3.63. The highest BCUT2D eigenvalue weighted by molar-refractivity contribution is 5.53. The van der Waals surface area contributed by atoms with Crippen molar-refractivity contribution in [2.45, 2.75) is 20.4 Å². The minimum absolute atomic E-state index is 0.253. The lowest BCUT2D eigenvalue weighted by atomic mass is 10.3. The number of benzene rings is 1. The first-order chi connectivity index (χ1) is 7.69. The Balaban J connectivity index is 2.26. The van der Waals surface area contributed by atoms with Crippen molar-refractivity contribution >= 4 is 11.6 Å². The third kappa shape index (κ3) is 2.21. The van der Waals surface area contributed by atoms with E-state index >= 15 is 0 Å². The maximum absolute atomic E-state index is 13.0. The first-order valence-electron chi connectivity index (χ1n) is 5.25. The minimum atomic E-state index is -0.253. The molecule has 0 radical (unpaired) electrons. The molecule has 2 aromatic rings. The topological polar surface area (TPSA) is 29.9 Å². The summed E-state index contributed by atoms with van der Waals surface area (Å²) in [4.78, 5) is 4.34. The van der Waals surface area contributed by atoms with Crippen molar-refractivity contribution in [1.82, 2.24) is 9.55 Å². The second-order valence-electron chi connectivity index (χ2n) is 3.63. The van der Waals surface area contributed by atoms with E-state index < -0.39 is 0 Å². The molecule has 0 spiro atoms. The van der Waals surface area contributed by atoms with E-state index in [1.807, 2.05) is 30.7 Å². The van der Waals surface area contributed by atoms with Crippen molar-refractivity contribution in [3.8, 4) is 0 Å². The van der Waals surface area contributed by atoms with Crippen molar-refractivity contribution in [3.05, 3.63) is 42.0 Å². The standard InChI is InChI=1S/C12H14FN3/c1-3-16-8-9(2)14-12(16)15-11-6-4-5-10(13)7-11/h4-8H,3H2,1-2H3,(H,14,15). The van der Waals surface area contributed by atoms with Crippen LogP contribution < -0.4 is 5.32 Å². The molecular formula is C12H14FN3. The van der Waals surface area contributed by atoms with Gasteiger partial charge in [-0.3, -0.25) is 0 Å². The van der Waals surface area contributed by atoms with Gasteiger partial charge in [-0.05, 0) is 32.0 Å². The van der Waals surface area contributed by atoms with Crippen LogP contribution in [0.1, 0.15) is 12.6 Å². The summed E-state index contributed by atoms with van der Waals surface area (Å²) >= 11 is 0. The van der Waals surface area contributed by atoms with Crippen LogP contribution in [-0.2, 0) is 6.54 Å². The Bertz CT molecular complexity index is 491. The minimum Gasteiger partial charge on any atom is -0.326 e. The molecule has 1 heterocycles. The summed E-state index contributed by atoms with van der Waals surface area (Å²) < 4.78 is 15.0. The number of nitrogens with one attached hydrogen (secondary N) is 1. The fourth-order valence-corrected chi connectivity index (χ4v) is 1.58. The molecule has 0 bridgehead atoms. The number of aryl methyl sites for hydroxylation is 2. The van der Waals surface area contributed by atoms with Crippen LogP contribution in [0.3, 0.4) is 0 Å². The molecule has 0 saturated carbocycles. The van der Waals surface area contributed by atoms with E-state index in [-0.39, 0.29) is 5.82 Å². The van der Waals surface area contributed by atoms with Crippen LogP contribution in [0.2, 0.25) is 0 Å². The van der Waals surface area contributed by atoms with Gasteiger partial charge in [0.1, 0.15) is 5.82 Å². The van der Waals surface area contributed by atoms with Crippen molar-refractivity contribution in [1.29, 1.82) is 0 Å². The maximum Gasteiger partial charge on any atom is 0.207 e. The van der Waals surface area contributed by atoms with E-state index in [9.17, 15) is 4.39 Å². The average Bonchev–Trinajstić information content (AvgIpc) is 2.59. The molecule has 0 atom stereocenters. The summed E-state index contributed by atoms with van der Waals surface area (Å²) in [5.74, 6) is 0.488. The van der Waals surface area contributed by atoms with Gasteiger partial charge in [-0.25, -0.2) is 9.37 Å². The second kappa shape index (κ2) is 4.35. The Hall–Kier alpha value is -1.84. The maximum atomic E-state index is 13.0. The molecule has 2 rings (SSSR count). The van der Waals surface area contributed by atoms with Crippen molar-refractivity contribution in [2.75, 3.05) is 5.32 Å². The monoisotopic (exact) mass is 219 g/mol. The van der Waals surface area contributed by atoms with Gasteiger partial charge in [0, 0.05) is 18.4 Å². The quantitative estimate of drug-likeness (QED) is 0.859. The Morgan fingerprint density at radius 2 is 2.25 bits per heavy atom. The van der Waals surface area contributed by atoms with Gasteiger partial charge in [0.25, 0.3) is 0 Å². The SMILES string of the molecule is CCn1cc(C)nc1Nc1cccc(F)c1. The summed E-state index contributed by atoms with van der Waals surface area (Å²) in [5.41, 5.74) is 1.65. The van der Waals surface area contributed by atoms with Crippen LogP contribution in [0.15, 0.2) is 30.5 Å². The summed E-state index contributed by atoms with van der Waals surface area (Å²) in [6, 6.07) is 6.35. The zero-order valence-corrected chi connectivity index (χ0v) is 9.37. The first kappa shape index (κ1) is 10.7. The lowest BCUT2D eigenvalue weighted by Crippen LogP contribution is -2.01. The number of hydrogen-bond acceptors (Lipinski definition) is 2. The van der Waals surface area contributed by atoms with E-state index in [1.54, 1.807) is 6.07 Å². The third-order valence-electron chi connectivity index (χ3n) is 2.32. The van der Waals surface area contributed by atoms with E-state index in [0.29, 0.717) is 5.69 Å². The molecule has 1 N–H and O–H groups in total. The van der Waals surface area contributed by atoms with Crippen LogP contribution in [0.5, 0.6) is 0 Å². The number of halogens is 1. The van der Waals surface area contributed by atoms with Gasteiger partial charge in [-0.1, -0.05) is 6.07 Å². The van der Waals surface area contributed by atoms with Gasteiger partial charge in [0.15, 0.2) is 0 Å². The lowest BCUT2D eigenvalue weighted by Gasteiger charge is -2.07. The summed E-state index contributed by atoms with van der Waals surface area (Å²) in [5, 5.41) is 3.10. The Kier molecular flexibility index (Phi) is 2.90. The highest BCUT2D eigenvalue weighted by Gasteiger charge is 2.04. The lowest BCUT2D eigenvalue weighted by molar-refractivity contribution is 0.628. The molecule has 0 fully saturated rings. The van der Waals surface area contributed by atoms with Crippen molar-refractivity contribution < 1.29 is 4.39 Å². The van der Waals surface area contributed by atoms with Gasteiger partial charge in [0.05, 0.1) is 5.69 Å². The van der Waals surface area contributed by atoms with E-state index in [2.05, 4.69) is 10.3 Å². The molecule has 4 heteroatoms. The Morgan fingerprint density at radius 1 is 1.44 bits per heavy atom. The molecule has 0 aliphatic carbocycles. The summed E-state index contributed by atoms with van der Waals surface area (Å²) in [6.07, 6.45) is 1.96. The van der Waals surface area contributed by atoms with Crippen molar-refractivity contribution in [2.24, 2.45) is 0 Å². The predicted octanol–water partition coefficient (Wildman–Crippen LogP) is 3.09. The molecule has 0 amide bonds. The number of anilines is 2. The molecule has 16 heavy (non-hydrogen) atoms. The van der Waals surface area contributed by atoms with Gasteiger partial charge >= 0.3 is 0 Å². The Labute approximate surface area is 93.9 Å². The van der Waals surface area contributed by atoms with Crippen molar-refractivity contribution in [3.63, 3.8) is 0 Å². The molecule has 0 aliphatic heterocycles. The van der Waals surface area contributed by atoms with E-state index in [4.69, 9.17) is 0 Å². The van der Waals surface area contributed by atoms with Gasteiger partial charge in [0.2, 0.25) is 5.95 Å². The summed E-state index contributed by atoms with van der Waals surface area (Å²) in [7, 11) is 0. The van der Waals surface area contributed by atoms with Crippen LogP contribution in [0.4, 0.5) is 16.0 Å². The number of nitrogens with zero attached hydrogens (tertiary/aromatic N) is 2. The average molecular weight is 219 g/mol. The fourth-order valence-electron chi connectivity index (χ4n) is 1.58. The van der Waals surface area contributed by atoms with Gasteiger partial charge < -0.3 is 9.88 Å². The third-order valence-corrected chi connectivity index (χ3v) is 2.32. The largest absolute Gasteiger partial charge is 0.326 e. The first-order valence-corrected chi connectivity index (χ1v) is 5.25. The van der Waals surface area contributed by atoms with Crippen LogP contribution in [0, 0.1) is 12.7 Å². The zero-order chi connectivity index (χ0) is 11.5. The number of imidazole rings is 1. The molecule has 1 aromatic carbocycles.